The molecule has 0 fully saturated rings. The molecule has 0 aliphatic heterocycles. The zero-order valence-electron chi connectivity index (χ0n) is 13.8. The van der Waals surface area contributed by atoms with E-state index in [9.17, 15) is 22.0 Å². The smallest absolute Gasteiger partial charge is 0.261 e. The Morgan fingerprint density at radius 1 is 0.778 bits per heavy atom. The summed E-state index contributed by atoms with van der Waals surface area (Å²) in [6.45, 7) is 0. The summed E-state index contributed by atoms with van der Waals surface area (Å²) in [6.07, 6.45) is 0. The van der Waals surface area contributed by atoms with E-state index in [0.29, 0.717) is 0 Å². The second kappa shape index (κ2) is 7.55. The van der Waals surface area contributed by atoms with Crippen LogP contribution in [0.3, 0.4) is 0 Å². The quantitative estimate of drug-likeness (QED) is 0.693. The van der Waals surface area contributed by atoms with E-state index in [2.05, 4.69) is 10.0 Å². The van der Waals surface area contributed by atoms with Gasteiger partial charge in [0.15, 0.2) is 0 Å². The van der Waals surface area contributed by atoms with Crippen LogP contribution >= 0.6 is 0 Å². The van der Waals surface area contributed by atoms with Crippen LogP contribution in [0, 0.1) is 11.6 Å². The van der Waals surface area contributed by atoms with Crippen molar-refractivity contribution in [3.05, 3.63) is 90.0 Å². The Morgan fingerprint density at radius 3 is 1.96 bits per heavy atom. The fourth-order valence-electron chi connectivity index (χ4n) is 2.31. The fourth-order valence-corrected chi connectivity index (χ4v) is 3.39. The average molecular weight is 388 g/mol. The lowest BCUT2D eigenvalue weighted by Gasteiger charge is -2.10. The predicted molar refractivity (Wildman–Crippen MR) is 98.0 cm³/mol. The van der Waals surface area contributed by atoms with Crippen LogP contribution in [0.5, 0.6) is 0 Å². The van der Waals surface area contributed by atoms with Crippen LogP contribution in [0.2, 0.25) is 0 Å². The van der Waals surface area contributed by atoms with Gasteiger partial charge in [-0.1, -0.05) is 24.3 Å². The summed E-state index contributed by atoms with van der Waals surface area (Å²) < 4.78 is 54.1. The molecule has 0 saturated carbocycles. The van der Waals surface area contributed by atoms with Gasteiger partial charge >= 0.3 is 0 Å². The van der Waals surface area contributed by atoms with Crippen LogP contribution in [-0.2, 0) is 10.0 Å². The molecule has 1 amide bonds. The first-order valence-corrected chi connectivity index (χ1v) is 9.28. The van der Waals surface area contributed by atoms with Gasteiger partial charge in [0.25, 0.3) is 15.9 Å². The summed E-state index contributed by atoms with van der Waals surface area (Å²) in [5.41, 5.74) is -0.191. The van der Waals surface area contributed by atoms with E-state index < -0.39 is 33.3 Å². The monoisotopic (exact) mass is 388 g/mol. The molecular formula is C19H14F2N2O3S. The summed E-state index contributed by atoms with van der Waals surface area (Å²) in [7, 11) is -3.76. The molecule has 138 valence electrons. The number of carbonyl (C=O) groups is 1. The molecular weight excluding hydrogens is 374 g/mol. The molecule has 0 spiro atoms. The molecule has 0 saturated heterocycles. The number of halogens is 2. The van der Waals surface area contributed by atoms with Crippen LogP contribution in [0.4, 0.5) is 20.2 Å². The van der Waals surface area contributed by atoms with Gasteiger partial charge in [-0.05, 0) is 48.5 Å². The lowest BCUT2D eigenvalue weighted by Crippen LogP contribution is -2.15. The summed E-state index contributed by atoms with van der Waals surface area (Å²) in [5.74, 6) is -2.51. The van der Waals surface area contributed by atoms with Gasteiger partial charge in [-0.15, -0.1) is 0 Å². The number of para-hydroxylation sites is 1. The lowest BCUT2D eigenvalue weighted by atomic mass is 10.2. The first-order chi connectivity index (χ1) is 12.9. The summed E-state index contributed by atoms with van der Waals surface area (Å²) in [6, 6.07) is 16.5. The van der Waals surface area contributed by atoms with Crippen LogP contribution in [-0.4, -0.2) is 14.3 Å². The maximum Gasteiger partial charge on any atom is 0.261 e. The van der Waals surface area contributed by atoms with Gasteiger partial charge in [0, 0.05) is 11.3 Å². The van der Waals surface area contributed by atoms with Gasteiger partial charge in [0.05, 0.1) is 4.90 Å². The number of benzene rings is 3. The number of amides is 1. The highest BCUT2D eigenvalue weighted by atomic mass is 32.2. The Morgan fingerprint density at radius 2 is 1.37 bits per heavy atom. The van der Waals surface area contributed by atoms with Crippen molar-refractivity contribution < 1.29 is 22.0 Å². The van der Waals surface area contributed by atoms with Crippen molar-refractivity contribution in [1.29, 1.82) is 0 Å². The third-order valence-electron chi connectivity index (χ3n) is 3.65. The molecule has 0 aliphatic carbocycles. The summed E-state index contributed by atoms with van der Waals surface area (Å²) in [5, 5.41) is 2.16. The molecule has 0 heterocycles. The van der Waals surface area contributed by atoms with Crippen LogP contribution in [0.15, 0.2) is 77.7 Å². The van der Waals surface area contributed by atoms with Crippen molar-refractivity contribution in [2.75, 3.05) is 10.0 Å². The van der Waals surface area contributed by atoms with Gasteiger partial charge in [-0.3, -0.25) is 9.52 Å². The molecule has 0 radical (unpaired) electrons. The SMILES string of the molecule is O=C(Nc1c(F)cccc1F)c1ccc(NS(=O)(=O)c2ccccc2)cc1. The number of anilines is 2. The molecule has 27 heavy (non-hydrogen) atoms. The molecule has 0 aliphatic rings. The number of nitrogens with one attached hydrogen (secondary N) is 2. The minimum atomic E-state index is -3.76. The first-order valence-electron chi connectivity index (χ1n) is 7.80. The summed E-state index contributed by atoms with van der Waals surface area (Å²) in [4.78, 5) is 12.3. The van der Waals surface area contributed by atoms with Crippen LogP contribution in [0.1, 0.15) is 10.4 Å². The van der Waals surface area contributed by atoms with Crippen LogP contribution < -0.4 is 10.0 Å². The molecule has 3 rings (SSSR count). The Labute approximate surface area is 154 Å². The maximum atomic E-state index is 13.6. The Hall–Kier alpha value is -3.26. The molecule has 2 N–H and O–H groups in total. The Balaban J connectivity index is 1.75. The predicted octanol–water partition coefficient (Wildman–Crippen LogP) is 4.02. The highest BCUT2D eigenvalue weighted by Crippen LogP contribution is 2.20. The number of sulfonamides is 1. The van der Waals surface area contributed by atoms with E-state index in [4.69, 9.17) is 0 Å². The molecule has 5 nitrogen and oxygen atoms in total. The van der Waals surface area contributed by atoms with E-state index in [1.54, 1.807) is 18.2 Å². The standard InChI is InChI=1S/C19H14F2N2O3S/c20-16-7-4-8-17(21)18(16)22-19(24)13-9-11-14(12-10-13)23-27(25,26)15-5-2-1-3-6-15/h1-12,23H,(H,22,24). The van der Waals surface area contributed by atoms with E-state index in [1.165, 1.54) is 42.5 Å². The van der Waals surface area contributed by atoms with Crippen molar-refractivity contribution in [3.8, 4) is 0 Å². The Bertz CT molecular complexity index is 1050. The van der Waals surface area contributed by atoms with Crippen molar-refractivity contribution in [3.63, 3.8) is 0 Å². The third-order valence-corrected chi connectivity index (χ3v) is 5.05. The van der Waals surface area contributed by atoms with E-state index >= 15 is 0 Å². The minimum absolute atomic E-state index is 0.0989. The van der Waals surface area contributed by atoms with Gasteiger partial charge in [-0.2, -0.15) is 0 Å². The Kier molecular flexibility index (Phi) is 5.18. The fraction of sp³-hybridized carbons (Fsp3) is 0. The maximum absolute atomic E-state index is 13.6. The van der Waals surface area contributed by atoms with E-state index in [0.717, 1.165) is 12.1 Å². The number of hydrogen-bond donors (Lipinski definition) is 2. The highest BCUT2D eigenvalue weighted by molar-refractivity contribution is 7.92. The molecule has 0 bridgehead atoms. The van der Waals surface area contributed by atoms with Crippen molar-refractivity contribution in [1.82, 2.24) is 0 Å². The highest BCUT2D eigenvalue weighted by Gasteiger charge is 2.15. The zero-order chi connectivity index (χ0) is 19.4. The second-order valence-corrected chi connectivity index (χ2v) is 7.23. The molecule has 3 aromatic carbocycles. The second-order valence-electron chi connectivity index (χ2n) is 5.55. The van der Waals surface area contributed by atoms with Gasteiger partial charge in [0.1, 0.15) is 17.3 Å². The molecule has 0 atom stereocenters. The number of rotatable bonds is 5. The first kappa shape index (κ1) is 18.5. The van der Waals surface area contributed by atoms with Gasteiger partial charge in [0.2, 0.25) is 0 Å². The molecule has 8 heteroatoms. The number of carbonyl (C=O) groups excluding carboxylic acids is 1. The van der Waals surface area contributed by atoms with Crippen molar-refractivity contribution >= 4 is 27.3 Å². The van der Waals surface area contributed by atoms with E-state index in [1.807, 2.05) is 0 Å². The van der Waals surface area contributed by atoms with Crippen molar-refractivity contribution in [2.45, 2.75) is 4.90 Å². The minimum Gasteiger partial charge on any atom is -0.317 e. The normalized spacial score (nSPS) is 11.0. The molecule has 0 unspecified atom stereocenters. The van der Waals surface area contributed by atoms with Gasteiger partial charge in [-0.25, -0.2) is 17.2 Å². The van der Waals surface area contributed by atoms with Crippen LogP contribution in [0.25, 0.3) is 0 Å². The molecule has 0 aromatic heterocycles. The molecule has 3 aromatic rings. The third kappa shape index (κ3) is 4.29. The summed E-state index contributed by atoms with van der Waals surface area (Å²) >= 11 is 0. The zero-order valence-corrected chi connectivity index (χ0v) is 14.6. The average Bonchev–Trinajstić information content (AvgIpc) is 2.66. The number of hydrogen-bond acceptors (Lipinski definition) is 3. The van der Waals surface area contributed by atoms with Crippen molar-refractivity contribution in [2.24, 2.45) is 0 Å². The largest absolute Gasteiger partial charge is 0.317 e. The lowest BCUT2D eigenvalue weighted by molar-refractivity contribution is 0.102. The van der Waals surface area contributed by atoms with Gasteiger partial charge < -0.3 is 5.32 Å². The van der Waals surface area contributed by atoms with E-state index in [-0.39, 0.29) is 16.1 Å². The topological polar surface area (TPSA) is 75.3 Å².